The number of hydrogen-bond acceptors (Lipinski definition) is 4. The molecule has 0 fully saturated rings. The Morgan fingerprint density at radius 3 is 2.70 bits per heavy atom. The molecule has 6 heteroatoms. The molecule has 3 aromatic rings. The molecule has 0 saturated heterocycles. The van der Waals surface area contributed by atoms with Gasteiger partial charge in [0.05, 0.1) is 15.7 Å². The van der Waals surface area contributed by atoms with Crippen LogP contribution in [0.15, 0.2) is 48.7 Å². The van der Waals surface area contributed by atoms with Crippen molar-refractivity contribution >= 4 is 29.2 Å². The van der Waals surface area contributed by atoms with E-state index in [-0.39, 0.29) is 5.92 Å². The van der Waals surface area contributed by atoms with E-state index in [1.165, 1.54) is 5.56 Å². The summed E-state index contributed by atoms with van der Waals surface area (Å²) in [6.45, 7) is 1.97. The van der Waals surface area contributed by atoms with Gasteiger partial charge >= 0.3 is 0 Å². The minimum absolute atomic E-state index is 0.205. The Morgan fingerprint density at radius 2 is 1.90 bits per heavy atom. The highest BCUT2D eigenvalue weighted by Gasteiger charge is 2.27. The van der Waals surface area contributed by atoms with E-state index in [0.717, 1.165) is 54.7 Å². The molecular weight excluding hydrogens is 415 g/mol. The smallest absolute Gasteiger partial charge is 0.223 e. The SMILES string of the molecule is CN(C)CCCCNc1ncc2c(n1)-c1ccccc1[C@@H](c1ccc(Cl)c(Cl)c1)C2. The zero-order chi connectivity index (χ0) is 21.1. The van der Waals surface area contributed by atoms with E-state index in [2.05, 4.69) is 59.6 Å². The van der Waals surface area contributed by atoms with Gasteiger partial charge in [-0.1, -0.05) is 53.5 Å². The average Bonchev–Trinajstić information content (AvgIpc) is 2.75. The molecule has 1 heterocycles. The monoisotopic (exact) mass is 440 g/mol. The minimum atomic E-state index is 0.205. The van der Waals surface area contributed by atoms with Gasteiger partial charge in [-0.25, -0.2) is 9.97 Å². The Morgan fingerprint density at radius 1 is 1.07 bits per heavy atom. The maximum Gasteiger partial charge on any atom is 0.223 e. The van der Waals surface area contributed by atoms with E-state index in [9.17, 15) is 0 Å². The Balaban J connectivity index is 1.58. The number of fused-ring (bicyclic) bond motifs is 3. The van der Waals surface area contributed by atoms with Crippen LogP contribution < -0.4 is 5.32 Å². The van der Waals surface area contributed by atoms with Crippen molar-refractivity contribution in [3.63, 3.8) is 0 Å². The van der Waals surface area contributed by atoms with E-state index in [1.54, 1.807) is 0 Å². The highest BCUT2D eigenvalue weighted by molar-refractivity contribution is 6.42. The third kappa shape index (κ3) is 4.61. The van der Waals surface area contributed by atoms with Crippen LogP contribution in [0.5, 0.6) is 0 Å². The van der Waals surface area contributed by atoms with Gasteiger partial charge in [0.1, 0.15) is 0 Å². The number of halogens is 2. The zero-order valence-corrected chi connectivity index (χ0v) is 18.8. The van der Waals surface area contributed by atoms with Crippen molar-refractivity contribution in [1.29, 1.82) is 0 Å². The normalized spacial score (nSPS) is 15.0. The van der Waals surface area contributed by atoms with Gasteiger partial charge in [0.25, 0.3) is 0 Å². The molecule has 4 rings (SSSR count). The molecule has 0 spiro atoms. The average molecular weight is 441 g/mol. The number of unbranched alkanes of at least 4 members (excludes halogenated alkanes) is 1. The van der Waals surface area contributed by atoms with Crippen LogP contribution in [0.3, 0.4) is 0 Å². The zero-order valence-electron chi connectivity index (χ0n) is 17.3. The first-order valence-electron chi connectivity index (χ1n) is 10.3. The molecule has 1 aromatic heterocycles. The van der Waals surface area contributed by atoms with E-state index in [4.69, 9.17) is 28.2 Å². The summed E-state index contributed by atoms with van der Waals surface area (Å²) in [5.41, 5.74) is 5.76. The molecule has 1 aliphatic rings. The molecule has 0 radical (unpaired) electrons. The van der Waals surface area contributed by atoms with Crippen molar-refractivity contribution in [3.8, 4) is 11.3 Å². The van der Waals surface area contributed by atoms with Crippen LogP contribution in [-0.2, 0) is 6.42 Å². The van der Waals surface area contributed by atoms with Crippen LogP contribution in [0.2, 0.25) is 10.0 Å². The molecule has 0 amide bonds. The minimum Gasteiger partial charge on any atom is -0.354 e. The molecule has 0 unspecified atom stereocenters. The number of anilines is 1. The van der Waals surface area contributed by atoms with Gasteiger partial charge in [-0.3, -0.25) is 0 Å². The number of hydrogen-bond donors (Lipinski definition) is 1. The van der Waals surface area contributed by atoms with Crippen LogP contribution in [0.4, 0.5) is 5.95 Å². The van der Waals surface area contributed by atoms with Gasteiger partial charge in [-0.05, 0) is 68.7 Å². The van der Waals surface area contributed by atoms with E-state index in [1.807, 2.05) is 18.3 Å². The highest BCUT2D eigenvalue weighted by Crippen LogP contribution is 2.42. The largest absolute Gasteiger partial charge is 0.354 e. The van der Waals surface area contributed by atoms with Gasteiger partial charge in [0.15, 0.2) is 0 Å². The first-order valence-corrected chi connectivity index (χ1v) is 11.1. The van der Waals surface area contributed by atoms with E-state index < -0.39 is 0 Å². The van der Waals surface area contributed by atoms with Gasteiger partial charge in [-0.15, -0.1) is 0 Å². The summed E-state index contributed by atoms with van der Waals surface area (Å²) in [4.78, 5) is 11.6. The van der Waals surface area contributed by atoms with Gasteiger partial charge < -0.3 is 10.2 Å². The van der Waals surface area contributed by atoms with Crippen LogP contribution >= 0.6 is 23.2 Å². The summed E-state index contributed by atoms with van der Waals surface area (Å²) in [5.74, 6) is 0.901. The number of nitrogens with one attached hydrogen (secondary N) is 1. The molecule has 1 aliphatic carbocycles. The molecule has 2 aromatic carbocycles. The molecule has 1 atom stereocenters. The molecule has 0 saturated carbocycles. The number of rotatable bonds is 7. The van der Waals surface area contributed by atoms with Crippen LogP contribution in [0, 0.1) is 0 Å². The van der Waals surface area contributed by atoms with Crippen molar-refractivity contribution in [2.24, 2.45) is 0 Å². The second kappa shape index (κ2) is 9.34. The number of aromatic nitrogens is 2. The van der Waals surface area contributed by atoms with Crippen molar-refractivity contribution in [3.05, 3.63) is 75.4 Å². The molecule has 0 aliphatic heterocycles. The van der Waals surface area contributed by atoms with E-state index in [0.29, 0.717) is 16.0 Å². The Kier molecular flexibility index (Phi) is 6.57. The molecular formula is C24H26Cl2N4. The van der Waals surface area contributed by atoms with Crippen LogP contribution in [0.25, 0.3) is 11.3 Å². The second-order valence-corrected chi connectivity index (χ2v) is 8.84. The Hall–Kier alpha value is -2.14. The fraction of sp³-hybridized carbons (Fsp3) is 0.333. The van der Waals surface area contributed by atoms with Gasteiger partial charge in [-0.2, -0.15) is 0 Å². The summed E-state index contributed by atoms with van der Waals surface area (Å²) in [7, 11) is 4.20. The molecule has 30 heavy (non-hydrogen) atoms. The lowest BCUT2D eigenvalue weighted by Gasteiger charge is -2.27. The third-order valence-corrected chi connectivity index (χ3v) is 6.28. The predicted molar refractivity (Wildman–Crippen MR) is 126 cm³/mol. The summed E-state index contributed by atoms with van der Waals surface area (Å²) >= 11 is 12.4. The van der Waals surface area contributed by atoms with Gasteiger partial charge in [0.2, 0.25) is 5.95 Å². The standard InChI is InChI=1S/C24H26Cl2N4/c1-30(2)12-6-5-11-27-24-28-15-17-13-20(16-9-10-21(25)22(26)14-16)18-7-3-4-8-19(18)23(17)29-24/h3-4,7-10,14-15,20H,5-6,11-13H2,1-2H3,(H,27,28,29)/t20-/m1/s1. The number of nitrogens with zero attached hydrogens (tertiary/aromatic N) is 3. The third-order valence-electron chi connectivity index (χ3n) is 5.54. The summed E-state index contributed by atoms with van der Waals surface area (Å²) in [6, 6.07) is 14.4. The lowest BCUT2D eigenvalue weighted by atomic mass is 9.78. The lowest BCUT2D eigenvalue weighted by molar-refractivity contribution is 0.396. The summed E-state index contributed by atoms with van der Waals surface area (Å²) in [6.07, 6.45) is 5.05. The maximum atomic E-state index is 6.30. The van der Waals surface area contributed by atoms with Crippen molar-refractivity contribution < 1.29 is 0 Å². The maximum absolute atomic E-state index is 6.30. The molecule has 1 N–H and O–H groups in total. The summed E-state index contributed by atoms with van der Waals surface area (Å²) < 4.78 is 0. The van der Waals surface area contributed by atoms with Gasteiger partial charge in [0, 0.05) is 24.2 Å². The fourth-order valence-electron chi connectivity index (χ4n) is 4.00. The van der Waals surface area contributed by atoms with Crippen molar-refractivity contribution in [2.75, 3.05) is 32.5 Å². The number of benzene rings is 2. The topological polar surface area (TPSA) is 41.0 Å². The highest BCUT2D eigenvalue weighted by atomic mass is 35.5. The van der Waals surface area contributed by atoms with Crippen LogP contribution in [0.1, 0.15) is 35.4 Å². The Labute approximate surface area is 188 Å². The summed E-state index contributed by atoms with van der Waals surface area (Å²) in [5, 5.41) is 4.55. The lowest BCUT2D eigenvalue weighted by Crippen LogP contribution is -2.16. The quantitative estimate of drug-likeness (QED) is 0.464. The fourth-order valence-corrected chi connectivity index (χ4v) is 4.31. The van der Waals surface area contributed by atoms with Crippen molar-refractivity contribution in [2.45, 2.75) is 25.2 Å². The Bertz CT molecular complexity index is 1040. The van der Waals surface area contributed by atoms with E-state index >= 15 is 0 Å². The molecule has 4 nitrogen and oxygen atoms in total. The first kappa shape index (κ1) is 21.1. The van der Waals surface area contributed by atoms with Crippen LogP contribution in [-0.4, -0.2) is 42.1 Å². The molecule has 156 valence electrons. The second-order valence-electron chi connectivity index (χ2n) is 8.02. The van der Waals surface area contributed by atoms with Crippen molar-refractivity contribution in [1.82, 2.24) is 14.9 Å². The first-order chi connectivity index (χ1) is 14.5. The molecule has 0 bridgehead atoms. The predicted octanol–water partition coefficient (Wildman–Crippen LogP) is 5.89.